The average molecular weight is 469 g/mol. The van der Waals surface area contributed by atoms with Crippen molar-refractivity contribution >= 4 is 0 Å². The molecule has 0 amide bonds. The SMILES string of the molecule is CCc1cc(CC)cc(CCc2cc(CCc3cc(CC)cc(CC)c3)cc(CC(C)(C)C)c2)c1. The lowest BCUT2D eigenvalue weighted by Crippen LogP contribution is -2.10. The van der Waals surface area contributed by atoms with Crippen molar-refractivity contribution in [2.45, 2.75) is 106 Å². The van der Waals surface area contributed by atoms with Crippen LogP contribution in [0.5, 0.6) is 0 Å². The number of aryl methyl sites for hydroxylation is 8. The maximum Gasteiger partial charge on any atom is -0.0230 e. The third-order valence-electron chi connectivity index (χ3n) is 7.11. The Balaban J connectivity index is 1.81. The molecule has 0 aromatic heterocycles. The summed E-state index contributed by atoms with van der Waals surface area (Å²) in [5, 5.41) is 0. The molecule has 0 unspecified atom stereocenters. The smallest absolute Gasteiger partial charge is 0.0230 e. The van der Waals surface area contributed by atoms with E-state index in [1.54, 1.807) is 0 Å². The summed E-state index contributed by atoms with van der Waals surface area (Å²) in [7, 11) is 0. The van der Waals surface area contributed by atoms with Crippen molar-refractivity contribution in [1.29, 1.82) is 0 Å². The molecule has 3 aromatic rings. The fraction of sp³-hybridized carbons (Fsp3) is 0.486. The number of hydrogen-bond acceptors (Lipinski definition) is 0. The first-order chi connectivity index (χ1) is 16.7. The van der Waals surface area contributed by atoms with E-state index in [1.165, 1.54) is 50.1 Å². The predicted molar refractivity (Wildman–Crippen MR) is 155 cm³/mol. The minimum atomic E-state index is 0.298. The van der Waals surface area contributed by atoms with Crippen molar-refractivity contribution in [1.82, 2.24) is 0 Å². The van der Waals surface area contributed by atoms with Gasteiger partial charge in [-0.05, 0) is 113 Å². The average Bonchev–Trinajstić information content (AvgIpc) is 2.84. The molecule has 0 aliphatic rings. The lowest BCUT2D eigenvalue weighted by atomic mass is 9.86. The monoisotopic (exact) mass is 468 g/mol. The Bertz CT molecular complexity index is 971. The standard InChI is InChI=1S/C35H48/c1-8-26-16-27(9-2)19-30(18-26)12-14-32-22-33(24-34(23-32)25-35(5,6)7)15-13-31-20-28(10-3)17-29(11-4)21-31/h16-24H,8-15,25H2,1-7H3. The summed E-state index contributed by atoms with van der Waals surface area (Å²) < 4.78 is 0. The van der Waals surface area contributed by atoms with Crippen molar-refractivity contribution in [3.05, 3.63) is 105 Å². The van der Waals surface area contributed by atoms with Gasteiger partial charge in [-0.15, -0.1) is 0 Å². The molecule has 0 fully saturated rings. The molecule has 0 radical (unpaired) electrons. The molecule has 0 aliphatic carbocycles. The van der Waals surface area contributed by atoms with Gasteiger partial charge in [0.05, 0.1) is 0 Å². The molecule has 35 heavy (non-hydrogen) atoms. The highest BCUT2D eigenvalue weighted by atomic mass is 14.2. The van der Waals surface area contributed by atoms with Gasteiger partial charge in [-0.1, -0.05) is 103 Å². The summed E-state index contributed by atoms with van der Waals surface area (Å²) in [6.07, 6.45) is 10.1. The third-order valence-corrected chi connectivity index (χ3v) is 7.11. The second kappa shape index (κ2) is 12.6. The van der Waals surface area contributed by atoms with Crippen molar-refractivity contribution in [2.75, 3.05) is 0 Å². The van der Waals surface area contributed by atoms with Crippen LogP contribution in [0, 0.1) is 5.41 Å². The summed E-state index contributed by atoms with van der Waals surface area (Å²) >= 11 is 0. The van der Waals surface area contributed by atoms with Crippen LogP contribution in [0.1, 0.15) is 98.5 Å². The second-order valence-corrected chi connectivity index (χ2v) is 11.6. The van der Waals surface area contributed by atoms with Gasteiger partial charge in [0, 0.05) is 0 Å². The summed E-state index contributed by atoms with van der Waals surface area (Å²) in [5.74, 6) is 0. The number of rotatable bonds is 11. The first-order valence-corrected chi connectivity index (χ1v) is 14.1. The van der Waals surface area contributed by atoms with Gasteiger partial charge in [-0.2, -0.15) is 0 Å². The Morgan fingerprint density at radius 3 is 0.857 bits per heavy atom. The Morgan fingerprint density at radius 1 is 0.371 bits per heavy atom. The minimum absolute atomic E-state index is 0.298. The van der Waals surface area contributed by atoms with Crippen LogP contribution in [0.25, 0.3) is 0 Å². The highest BCUT2D eigenvalue weighted by Gasteiger charge is 2.13. The van der Waals surface area contributed by atoms with Gasteiger partial charge in [0.2, 0.25) is 0 Å². The van der Waals surface area contributed by atoms with Gasteiger partial charge >= 0.3 is 0 Å². The van der Waals surface area contributed by atoms with Crippen LogP contribution < -0.4 is 0 Å². The summed E-state index contributed by atoms with van der Waals surface area (Å²) in [4.78, 5) is 0. The predicted octanol–water partition coefficient (Wildman–Crippen LogP) is 9.10. The normalized spacial score (nSPS) is 11.7. The van der Waals surface area contributed by atoms with Crippen LogP contribution >= 0.6 is 0 Å². The maximum absolute atomic E-state index is 2.49. The first-order valence-electron chi connectivity index (χ1n) is 14.1. The lowest BCUT2D eigenvalue weighted by molar-refractivity contribution is 0.411. The molecule has 0 saturated heterocycles. The topological polar surface area (TPSA) is 0 Å². The van der Waals surface area contributed by atoms with Crippen LogP contribution in [0.3, 0.4) is 0 Å². The van der Waals surface area contributed by atoms with Gasteiger partial charge in [-0.25, -0.2) is 0 Å². The van der Waals surface area contributed by atoms with E-state index >= 15 is 0 Å². The molecule has 0 spiro atoms. The van der Waals surface area contributed by atoms with Crippen molar-refractivity contribution in [2.24, 2.45) is 5.41 Å². The molecule has 188 valence electrons. The van der Waals surface area contributed by atoms with Crippen LogP contribution in [-0.2, 0) is 57.8 Å². The van der Waals surface area contributed by atoms with E-state index in [0.717, 1.165) is 57.8 Å². The highest BCUT2D eigenvalue weighted by molar-refractivity contribution is 5.36. The first kappa shape index (κ1) is 27.3. The Hall–Kier alpha value is -2.34. The largest absolute Gasteiger partial charge is 0.0613 e. The van der Waals surface area contributed by atoms with Gasteiger partial charge in [-0.3, -0.25) is 0 Å². The molecule has 0 saturated carbocycles. The quantitative estimate of drug-likeness (QED) is 0.263. The van der Waals surface area contributed by atoms with E-state index < -0.39 is 0 Å². The fourth-order valence-electron chi connectivity index (χ4n) is 5.20. The molecule has 0 atom stereocenters. The van der Waals surface area contributed by atoms with E-state index in [-0.39, 0.29) is 0 Å². The van der Waals surface area contributed by atoms with E-state index in [9.17, 15) is 0 Å². The zero-order chi connectivity index (χ0) is 25.4. The van der Waals surface area contributed by atoms with Crippen LogP contribution in [-0.4, -0.2) is 0 Å². The van der Waals surface area contributed by atoms with E-state index in [1.807, 2.05) is 0 Å². The molecule has 0 N–H and O–H groups in total. The Kier molecular flexibility index (Phi) is 9.79. The third kappa shape index (κ3) is 8.68. The number of hydrogen-bond donors (Lipinski definition) is 0. The molecule has 3 rings (SSSR count). The van der Waals surface area contributed by atoms with E-state index in [4.69, 9.17) is 0 Å². The minimum Gasteiger partial charge on any atom is -0.0613 e. The molecule has 0 aliphatic heterocycles. The molecule has 0 bridgehead atoms. The molecule has 3 aromatic carbocycles. The Labute approximate surface area is 216 Å². The molecule has 0 nitrogen and oxygen atoms in total. The molecule has 0 heteroatoms. The zero-order valence-corrected chi connectivity index (χ0v) is 23.6. The van der Waals surface area contributed by atoms with Crippen molar-refractivity contribution in [3.8, 4) is 0 Å². The molecular formula is C35H48. The van der Waals surface area contributed by atoms with Gasteiger partial charge in [0.15, 0.2) is 0 Å². The van der Waals surface area contributed by atoms with E-state index in [2.05, 4.69) is 103 Å². The van der Waals surface area contributed by atoms with Crippen LogP contribution in [0.4, 0.5) is 0 Å². The van der Waals surface area contributed by atoms with E-state index in [0.29, 0.717) is 5.41 Å². The van der Waals surface area contributed by atoms with Crippen LogP contribution in [0.15, 0.2) is 54.6 Å². The lowest BCUT2D eigenvalue weighted by Gasteiger charge is -2.20. The summed E-state index contributed by atoms with van der Waals surface area (Å²) in [6, 6.07) is 21.9. The zero-order valence-electron chi connectivity index (χ0n) is 23.6. The Morgan fingerprint density at radius 2 is 0.600 bits per heavy atom. The second-order valence-electron chi connectivity index (χ2n) is 11.6. The summed E-state index contributed by atoms with van der Waals surface area (Å²) in [6.45, 7) is 16.1. The van der Waals surface area contributed by atoms with Crippen LogP contribution in [0.2, 0.25) is 0 Å². The summed E-state index contributed by atoms with van der Waals surface area (Å²) in [5.41, 5.74) is 13.7. The highest BCUT2D eigenvalue weighted by Crippen LogP contribution is 2.24. The van der Waals surface area contributed by atoms with Gasteiger partial charge in [0.1, 0.15) is 0 Å². The van der Waals surface area contributed by atoms with Crippen molar-refractivity contribution in [3.63, 3.8) is 0 Å². The van der Waals surface area contributed by atoms with Crippen molar-refractivity contribution < 1.29 is 0 Å². The fourth-order valence-corrected chi connectivity index (χ4v) is 5.20. The van der Waals surface area contributed by atoms with Gasteiger partial charge < -0.3 is 0 Å². The molecule has 0 heterocycles. The maximum atomic E-state index is 2.49. The molecular weight excluding hydrogens is 420 g/mol. The number of benzene rings is 3. The van der Waals surface area contributed by atoms with Gasteiger partial charge in [0.25, 0.3) is 0 Å².